The standard InChI is InChI=1S/C42H51N7O3S/c1-27(12-15-34-29(3)48(17-16-47(34)6)26-43-38-46-33-10-8-9-11-35(33)53-38)32-14-13-30(36(45-32)37(50)51)31-18-44-49(28(31)2)25-41-20-39(4)19-40(5,21-41)23-42(22-39,24-41)52-7/h8-15,18H,1,16-17,19-26H2,2-7H3,(H,43,46)(H,50,51)/b15-12-. The number of carbonyl (C=O) groups is 1. The van der Waals surface area contributed by atoms with Crippen LogP contribution < -0.4 is 5.32 Å². The quantitative estimate of drug-likeness (QED) is 0.147. The van der Waals surface area contributed by atoms with E-state index in [1.165, 1.54) is 19.3 Å². The number of hydrogen-bond donors (Lipinski definition) is 2. The molecule has 2 N–H and O–H groups in total. The summed E-state index contributed by atoms with van der Waals surface area (Å²) >= 11 is 1.66. The fourth-order valence-corrected chi connectivity index (χ4v) is 12.1. The number of anilines is 1. The highest BCUT2D eigenvalue weighted by Gasteiger charge is 2.66. The Morgan fingerprint density at radius 1 is 1.02 bits per heavy atom. The predicted octanol–water partition coefficient (Wildman–Crippen LogP) is 8.44. The monoisotopic (exact) mass is 733 g/mol. The van der Waals surface area contributed by atoms with Crippen molar-refractivity contribution >= 4 is 38.2 Å². The van der Waals surface area contributed by atoms with Crippen LogP contribution in [0.15, 0.2) is 72.7 Å². The van der Waals surface area contributed by atoms with Gasteiger partial charge in [0.15, 0.2) is 10.8 Å². The molecule has 0 saturated heterocycles. The molecule has 4 heterocycles. The van der Waals surface area contributed by atoms with Crippen LogP contribution in [0.1, 0.15) is 81.2 Å². The van der Waals surface area contributed by atoms with Gasteiger partial charge in [0.05, 0.1) is 40.1 Å². The van der Waals surface area contributed by atoms with Gasteiger partial charge < -0.3 is 25.0 Å². The molecule has 1 aliphatic heterocycles. The Balaban J connectivity index is 0.997. The molecule has 9 rings (SSSR count). The molecule has 4 fully saturated rings. The van der Waals surface area contributed by atoms with Crippen LogP contribution in [0, 0.1) is 23.2 Å². The second-order valence-corrected chi connectivity index (χ2v) is 18.1. The van der Waals surface area contributed by atoms with Gasteiger partial charge in [-0.05, 0) is 105 Å². The molecule has 2 unspecified atom stereocenters. The fraction of sp³-hybridized carbons (Fsp3) is 0.476. The molecule has 278 valence electrons. The van der Waals surface area contributed by atoms with E-state index in [0.29, 0.717) is 23.5 Å². The third kappa shape index (κ3) is 6.45. The Morgan fingerprint density at radius 3 is 2.49 bits per heavy atom. The van der Waals surface area contributed by atoms with Crippen molar-refractivity contribution in [2.45, 2.75) is 78.4 Å². The maximum atomic E-state index is 12.7. The van der Waals surface area contributed by atoms with Gasteiger partial charge in [-0.1, -0.05) is 50.0 Å². The number of likely N-dealkylation sites (N-methyl/N-ethyl adjacent to an activating group) is 1. The molecule has 0 spiro atoms. The van der Waals surface area contributed by atoms with Gasteiger partial charge in [0, 0.05) is 56.3 Å². The van der Waals surface area contributed by atoms with Crippen molar-refractivity contribution in [3.05, 3.63) is 89.8 Å². The highest BCUT2D eigenvalue weighted by atomic mass is 32.1. The number of carboxylic acid groups (broad SMARTS) is 1. The number of aromatic carboxylic acids is 1. The molecule has 4 saturated carbocycles. The van der Waals surface area contributed by atoms with Crippen molar-refractivity contribution in [3.63, 3.8) is 0 Å². The lowest BCUT2D eigenvalue weighted by Crippen LogP contribution is -2.64. The Labute approximate surface area is 316 Å². The zero-order chi connectivity index (χ0) is 37.3. The number of pyridine rings is 1. The average molecular weight is 734 g/mol. The van der Waals surface area contributed by atoms with Gasteiger partial charge in [-0.2, -0.15) is 5.10 Å². The van der Waals surface area contributed by atoms with Crippen LogP contribution in [-0.2, 0) is 11.3 Å². The van der Waals surface area contributed by atoms with Gasteiger partial charge in [0.25, 0.3) is 0 Å². The molecular weight excluding hydrogens is 683 g/mol. The number of rotatable bonds is 11. The van der Waals surface area contributed by atoms with Gasteiger partial charge >= 0.3 is 5.97 Å². The van der Waals surface area contributed by atoms with E-state index in [-0.39, 0.29) is 27.5 Å². The lowest BCUT2D eigenvalue weighted by atomic mass is 9.39. The molecule has 0 radical (unpaired) electrons. The van der Waals surface area contributed by atoms with E-state index >= 15 is 0 Å². The zero-order valence-corrected chi connectivity index (χ0v) is 32.6. The summed E-state index contributed by atoms with van der Waals surface area (Å²) in [5.74, 6) is -1.07. The summed E-state index contributed by atoms with van der Waals surface area (Å²) in [6, 6.07) is 11.9. The Morgan fingerprint density at radius 2 is 1.77 bits per heavy atom. The summed E-state index contributed by atoms with van der Waals surface area (Å²) in [5.41, 5.74) is 7.29. The van der Waals surface area contributed by atoms with Gasteiger partial charge in [-0.3, -0.25) is 4.68 Å². The van der Waals surface area contributed by atoms with E-state index in [2.05, 4.69) is 65.2 Å². The van der Waals surface area contributed by atoms with E-state index in [0.717, 1.165) is 76.9 Å². The summed E-state index contributed by atoms with van der Waals surface area (Å²) in [5, 5.41) is 19.7. The van der Waals surface area contributed by atoms with Crippen LogP contribution in [0.5, 0.6) is 0 Å². The molecule has 1 aromatic carbocycles. The van der Waals surface area contributed by atoms with Crippen molar-refractivity contribution in [3.8, 4) is 11.1 Å². The van der Waals surface area contributed by atoms with Gasteiger partial charge in [0.1, 0.15) is 0 Å². The number of allylic oxidation sites excluding steroid dienone is 4. The molecule has 4 aromatic rings. The Hall–Kier alpha value is -4.48. The Bertz CT molecular complexity index is 2130. The molecule has 4 bridgehead atoms. The largest absolute Gasteiger partial charge is 0.476 e. The molecule has 4 aliphatic carbocycles. The maximum Gasteiger partial charge on any atom is 0.355 e. The minimum absolute atomic E-state index is 0.00476. The molecule has 11 heteroatoms. The van der Waals surface area contributed by atoms with Crippen molar-refractivity contribution in [1.82, 2.24) is 29.5 Å². The topological polar surface area (TPSA) is 109 Å². The van der Waals surface area contributed by atoms with Crippen LogP contribution in [0.25, 0.3) is 26.9 Å². The number of nitrogens with zero attached hydrogens (tertiary/aromatic N) is 6. The van der Waals surface area contributed by atoms with E-state index < -0.39 is 5.97 Å². The number of ether oxygens (including phenoxy) is 1. The summed E-state index contributed by atoms with van der Waals surface area (Å²) in [7, 11) is 3.98. The van der Waals surface area contributed by atoms with Crippen LogP contribution in [-0.4, -0.2) is 80.1 Å². The molecule has 3 aromatic heterocycles. The number of aromatic nitrogens is 4. The molecule has 2 atom stereocenters. The second kappa shape index (κ2) is 12.8. The fourth-order valence-electron chi connectivity index (χ4n) is 11.2. The smallest absolute Gasteiger partial charge is 0.355 e. The highest BCUT2D eigenvalue weighted by molar-refractivity contribution is 7.22. The first kappa shape index (κ1) is 35.5. The third-order valence-corrected chi connectivity index (χ3v) is 13.5. The first-order valence-corrected chi connectivity index (χ1v) is 19.5. The van der Waals surface area contributed by atoms with Crippen LogP contribution in [0.3, 0.4) is 0 Å². The lowest BCUT2D eigenvalue weighted by Gasteiger charge is -2.69. The van der Waals surface area contributed by atoms with Gasteiger partial charge in [-0.15, -0.1) is 0 Å². The molecule has 0 amide bonds. The van der Waals surface area contributed by atoms with Crippen molar-refractivity contribution in [2.75, 3.05) is 39.2 Å². The molecule has 10 nitrogen and oxygen atoms in total. The van der Waals surface area contributed by atoms with Gasteiger partial charge in [0.2, 0.25) is 0 Å². The first-order chi connectivity index (χ1) is 25.2. The summed E-state index contributed by atoms with van der Waals surface area (Å²) < 4.78 is 9.57. The number of fused-ring (bicyclic) bond motifs is 1. The number of para-hydroxylation sites is 1. The van der Waals surface area contributed by atoms with E-state index in [1.54, 1.807) is 11.3 Å². The SMILES string of the molecule is C=C(/C=C\C1=C(C)N(CNc2nc3ccccc3s2)CCN1C)c1ccc(-c2cnn(CC34CC5(C)CC(C)(C3)CC(OC)(C5)C4)c2C)c(C(=O)O)n1. The molecular formula is C42H51N7O3S. The Kier molecular flexibility index (Phi) is 8.61. The van der Waals surface area contributed by atoms with Crippen LogP contribution in [0.2, 0.25) is 0 Å². The number of carboxylic acids is 1. The van der Waals surface area contributed by atoms with E-state index in [1.807, 2.05) is 62.7 Å². The highest BCUT2D eigenvalue weighted by Crippen LogP contribution is 2.72. The minimum Gasteiger partial charge on any atom is -0.476 e. The van der Waals surface area contributed by atoms with Gasteiger partial charge in [-0.25, -0.2) is 14.8 Å². The lowest BCUT2D eigenvalue weighted by molar-refractivity contribution is -0.239. The van der Waals surface area contributed by atoms with E-state index in [9.17, 15) is 9.90 Å². The number of benzene rings is 1. The van der Waals surface area contributed by atoms with Crippen molar-refractivity contribution in [1.29, 1.82) is 0 Å². The van der Waals surface area contributed by atoms with Crippen molar-refractivity contribution in [2.24, 2.45) is 16.2 Å². The number of nitrogens with one attached hydrogen (secondary N) is 1. The summed E-state index contributed by atoms with van der Waals surface area (Å²) in [6.07, 6.45) is 12.7. The van der Waals surface area contributed by atoms with Crippen LogP contribution in [0.4, 0.5) is 5.13 Å². The second-order valence-electron chi connectivity index (χ2n) is 17.1. The van der Waals surface area contributed by atoms with Crippen molar-refractivity contribution < 1.29 is 14.6 Å². The van der Waals surface area contributed by atoms with Crippen LogP contribution >= 0.6 is 11.3 Å². The van der Waals surface area contributed by atoms with E-state index in [4.69, 9.17) is 14.8 Å². The number of methoxy groups -OCH3 is 1. The molecule has 5 aliphatic rings. The number of hydrogen-bond acceptors (Lipinski definition) is 9. The molecule has 53 heavy (non-hydrogen) atoms. The predicted molar refractivity (Wildman–Crippen MR) is 212 cm³/mol. The first-order valence-electron chi connectivity index (χ1n) is 18.7. The zero-order valence-electron chi connectivity index (χ0n) is 31.8. The maximum absolute atomic E-state index is 12.7. The summed E-state index contributed by atoms with van der Waals surface area (Å²) in [6.45, 7) is 16.6. The normalized spacial score (nSPS) is 28.1. The number of thiazole rings is 1. The average Bonchev–Trinajstić information content (AvgIpc) is 3.68. The summed E-state index contributed by atoms with van der Waals surface area (Å²) in [4.78, 5) is 26.6. The minimum atomic E-state index is -1.07. The third-order valence-electron chi connectivity index (χ3n) is 12.5.